The minimum Gasteiger partial charge on any atom is -0.207 e. The molecular formula is C18H16F2. The van der Waals surface area contributed by atoms with Crippen molar-refractivity contribution in [3.05, 3.63) is 70.3 Å². The smallest absolute Gasteiger partial charge is 0.130 e. The number of aryl methyl sites for hydroxylation is 2. The van der Waals surface area contributed by atoms with Gasteiger partial charge >= 0.3 is 0 Å². The molecule has 0 aromatic heterocycles. The van der Waals surface area contributed by atoms with E-state index in [4.69, 9.17) is 0 Å². The van der Waals surface area contributed by atoms with E-state index in [2.05, 4.69) is 0 Å². The summed E-state index contributed by atoms with van der Waals surface area (Å²) < 4.78 is 27.5. The van der Waals surface area contributed by atoms with E-state index >= 15 is 0 Å². The number of halogens is 2. The zero-order valence-corrected chi connectivity index (χ0v) is 11.4. The second-order valence-electron chi connectivity index (χ2n) is 5.18. The molecule has 0 nitrogen and oxygen atoms in total. The van der Waals surface area contributed by atoms with Crippen molar-refractivity contribution >= 4 is 11.6 Å². The highest BCUT2D eigenvalue weighted by Gasteiger charge is 2.15. The number of benzene rings is 2. The Labute approximate surface area is 117 Å². The van der Waals surface area contributed by atoms with Crippen LogP contribution in [0.1, 0.15) is 35.6 Å². The third-order valence-electron chi connectivity index (χ3n) is 3.89. The van der Waals surface area contributed by atoms with Gasteiger partial charge in [0.25, 0.3) is 0 Å². The summed E-state index contributed by atoms with van der Waals surface area (Å²) in [5.41, 5.74) is 4.57. The number of hydrogen-bond acceptors (Lipinski definition) is 0. The molecule has 0 atom stereocenters. The maximum atomic E-state index is 14.2. The predicted octanol–water partition coefficient (Wildman–Crippen LogP) is 5.01. The van der Waals surface area contributed by atoms with Crippen LogP contribution in [0, 0.1) is 11.6 Å². The van der Waals surface area contributed by atoms with Crippen molar-refractivity contribution in [2.24, 2.45) is 0 Å². The lowest BCUT2D eigenvalue weighted by Gasteiger charge is -2.17. The average molecular weight is 270 g/mol. The van der Waals surface area contributed by atoms with Crippen molar-refractivity contribution in [1.29, 1.82) is 0 Å². The van der Waals surface area contributed by atoms with E-state index in [1.165, 1.54) is 12.1 Å². The van der Waals surface area contributed by atoms with E-state index in [1.807, 2.05) is 31.2 Å². The molecule has 0 fully saturated rings. The first-order valence-corrected chi connectivity index (χ1v) is 6.95. The molecule has 3 rings (SSSR count). The summed E-state index contributed by atoms with van der Waals surface area (Å²) in [6.07, 6.45) is 4.35. The van der Waals surface area contributed by atoms with E-state index in [0.29, 0.717) is 5.56 Å². The molecular weight excluding hydrogens is 254 g/mol. The zero-order valence-electron chi connectivity index (χ0n) is 11.4. The van der Waals surface area contributed by atoms with Gasteiger partial charge in [-0.15, -0.1) is 0 Å². The van der Waals surface area contributed by atoms with Crippen molar-refractivity contribution in [3.63, 3.8) is 0 Å². The molecule has 20 heavy (non-hydrogen) atoms. The molecule has 2 aromatic rings. The molecule has 2 heteroatoms. The Morgan fingerprint density at radius 2 is 1.85 bits per heavy atom. The molecule has 0 unspecified atom stereocenters. The molecule has 2 aromatic carbocycles. The minimum absolute atomic E-state index is 0.185. The molecule has 0 N–H and O–H groups in total. The fourth-order valence-electron chi connectivity index (χ4n) is 2.71. The zero-order chi connectivity index (χ0) is 14.1. The maximum Gasteiger partial charge on any atom is 0.130 e. The SMILES string of the molecule is CCc1ccc(C2=Cc3cc(F)ccc3CC2)c(F)c1. The predicted molar refractivity (Wildman–Crippen MR) is 78.4 cm³/mol. The molecule has 0 bridgehead atoms. The number of allylic oxidation sites excluding steroid dienone is 1. The van der Waals surface area contributed by atoms with Crippen LogP contribution < -0.4 is 0 Å². The summed E-state index contributed by atoms with van der Waals surface area (Å²) in [5, 5.41) is 0. The van der Waals surface area contributed by atoms with Crippen LogP contribution >= 0.6 is 0 Å². The van der Waals surface area contributed by atoms with Crippen LogP contribution in [-0.2, 0) is 12.8 Å². The normalized spacial score (nSPS) is 13.8. The largest absolute Gasteiger partial charge is 0.207 e. The number of hydrogen-bond donors (Lipinski definition) is 0. The lowest BCUT2D eigenvalue weighted by molar-refractivity contribution is 0.620. The van der Waals surface area contributed by atoms with Crippen molar-refractivity contribution < 1.29 is 8.78 Å². The highest BCUT2D eigenvalue weighted by atomic mass is 19.1. The summed E-state index contributed by atoms with van der Waals surface area (Å²) >= 11 is 0. The average Bonchev–Trinajstić information content (AvgIpc) is 2.46. The topological polar surface area (TPSA) is 0 Å². The summed E-state index contributed by atoms with van der Waals surface area (Å²) in [5.74, 6) is -0.432. The molecule has 0 aliphatic heterocycles. The number of rotatable bonds is 2. The van der Waals surface area contributed by atoms with Crippen molar-refractivity contribution in [2.75, 3.05) is 0 Å². The van der Waals surface area contributed by atoms with E-state index < -0.39 is 0 Å². The molecule has 0 saturated heterocycles. The Hall–Kier alpha value is -1.96. The van der Waals surface area contributed by atoms with Crippen LogP contribution in [-0.4, -0.2) is 0 Å². The summed E-state index contributed by atoms with van der Waals surface area (Å²) in [7, 11) is 0. The van der Waals surface area contributed by atoms with Gasteiger partial charge in [-0.25, -0.2) is 8.78 Å². The van der Waals surface area contributed by atoms with Crippen molar-refractivity contribution in [2.45, 2.75) is 26.2 Å². The van der Waals surface area contributed by atoms with Gasteiger partial charge in [0.15, 0.2) is 0 Å². The van der Waals surface area contributed by atoms with E-state index in [-0.39, 0.29) is 11.6 Å². The Kier molecular flexibility index (Phi) is 3.39. The second-order valence-corrected chi connectivity index (χ2v) is 5.18. The maximum absolute atomic E-state index is 14.2. The van der Waals surface area contributed by atoms with Gasteiger partial charge in [-0.3, -0.25) is 0 Å². The van der Waals surface area contributed by atoms with E-state index in [0.717, 1.165) is 41.5 Å². The van der Waals surface area contributed by atoms with Crippen LogP contribution in [0.25, 0.3) is 11.6 Å². The Morgan fingerprint density at radius 3 is 2.60 bits per heavy atom. The third-order valence-corrected chi connectivity index (χ3v) is 3.89. The van der Waals surface area contributed by atoms with Gasteiger partial charge in [0.2, 0.25) is 0 Å². The first kappa shape index (κ1) is 13.0. The Morgan fingerprint density at radius 1 is 1.00 bits per heavy atom. The minimum atomic E-state index is -0.247. The van der Waals surface area contributed by atoms with Gasteiger partial charge < -0.3 is 0 Å². The first-order valence-electron chi connectivity index (χ1n) is 6.95. The van der Waals surface area contributed by atoms with Gasteiger partial charge in [0.05, 0.1) is 0 Å². The van der Waals surface area contributed by atoms with Crippen LogP contribution in [0.4, 0.5) is 8.78 Å². The Bertz CT molecular complexity index is 684. The van der Waals surface area contributed by atoms with Gasteiger partial charge in [-0.1, -0.05) is 31.2 Å². The van der Waals surface area contributed by atoms with Gasteiger partial charge in [0.1, 0.15) is 11.6 Å². The fraction of sp³-hybridized carbons (Fsp3) is 0.222. The van der Waals surface area contributed by atoms with Gasteiger partial charge in [-0.2, -0.15) is 0 Å². The van der Waals surface area contributed by atoms with Gasteiger partial charge in [-0.05, 0) is 59.7 Å². The van der Waals surface area contributed by atoms with Crippen molar-refractivity contribution in [1.82, 2.24) is 0 Å². The first-order chi connectivity index (χ1) is 9.67. The van der Waals surface area contributed by atoms with E-state index in [1.54, 1.807) is 6.07 Å². The highest BCUT2D eigenvalue weighted by Crippen LogP contribution is 2.32. The van der Waals surface area contributed by atoms with E-state index in [9.17, 15) is 8.78 Å². The van der Waals surface area contributed by atoms with Crippen LogP contribution in [0.5, 0.6) is 0 Å². The van der Waals surface area contributed by atoms with Crippen molar-refractivity contribution in [3.8, 4) is 0 Å². The quantitative estimate of drug-likeness (QED) is 0.719. The second kappa shape index (κ2) is 5.20. The molecule has 1 aliphatic carbocycles. The highest BCUT2D eigenvalue weighted by molar-refractivity contribution is 5.84. The molecule has 1 aliphatic rings. The third kappa shape index (κ3) is 2.38. The van der Waals surface area contributed by atoms with Crippen LogP contribution in [0.3, 0.4) is 0 Å². The molecule has 0 amide bonds. The summed E-state index contributed by atoms with van der Waals surface area (Å²) in [6, 6.07) is 10.2. The number of fused-ring (bicyclic) bond motifs is 1. The lowest BCUT2D eigenvalue weighted by Crippen LogP contribution is -2.01. The molecule has 0 spiro atoms. The van der Waals surface area contributed by atoms with Gasteiger partial charge in [0, 0.05) is 5.56 Å². The van der Waals surface area contributed by atoms with Crippen LogP contribution in [0.15, 0.2) is 36.4 Å². The Balaban J connectivity index is 2.03. The molecule has 102 valence electrons. The molecule has 0 heterocycles. The monoisotopic (exact) mass is 270 g/mol. The summed E-state index contributed by atoms with van der Waals surface area (Å²) in [6.45, 7) is 2.01. The molecule has 0 saturated carbocycles. The summed E-state index contributed by atoms with van der Waals surface area (Å²) in [4.78, 5) is 0. The fourth-order valence-corrected chi connectivity index (χ4v) is 2.71. The molecule has 0 radical (unpaired) electrons. The standard InChI is InChI=1S/C18H16F2/c1-2-12-3-8-17(18(20)9-12)14-5-4-13-6-7-16(19)11-15(13)10-14/h3,6-11H,2,4-5H2,1H3. The van der Waals surface area contributed by atoms with Crippen LogP contribution in [0.2, 0.25) is 0 Å². The lowest BCUT2D eigenvalue weighted by atomic mass is 9.88.